The second kappa shape index (κ2) is 11.0. The molecule has 0 saturated carbocycles. The summed E-state index contributed by atoms with van der Waals surface area (Å²) in [4.78, 5) is 31.1. The Morgan fingerprint density at radius 1 is 1.08 bits per heavy atom. The SMILES string of the molecule is Cc1nnc(NC(=O)c2sccc2S(=O)(=O)Nc2onc(C)c2Cl)s1.O=C(n1ccnc1)n1ccnc1. The van der Waals surface area contributed by atoms with Gasteiger partial charge in [-0.2, -0.15) is 0 Å². The molecule has 0 fully saturated rings. The van der Waals surface area contributed by atoms with Crippen molar-refractivity contribution in [2.75, 3.05) is 10.0 Å². The average molecular weight is 582 g/mol. The number of aryl methyl sites for hydroxylation is 2. The van der Waals surface area contributed by atoms with E-state index in [0.717, 1.165) is 11.3 Å². The Hall–Kier alpha value is -3.93. The first kappa shape index (κ1) is 26.1. The Morgan fingerprint density at radius 2 is 1.76 bits per heavy atom. The number of amides is 1. The van der Waals surface area contributed by atoms with E-state index in [0.29, 0.717) is 10.7 Å². The van der Waals surface area contributed by atoms with E-state index in [4.69, 9.17) is 16.1 Å². The van der Waals surface area contributed by atoms with E-state index in [1.165, 1.54) is 44.6 Å². The van der Waals surface area contributed by atoms with E-state index >= 15 is 0 Å². The first-order chi connectivity index (χ1) is 17.7. The highest BCUT2D eigenvalue weighted by molar-refractivity contribution is 7.93. The summed E-state index contributed by atoms with van der Waals surface area (Å²) in [6.07, 6.45) is 9.17. The molecule has 5 aromatic heterocycles. The molecule has 0 radical (unpaired) electrons. The summed E-state index contributed by atoms with van der Waals surface area (Å²) in [6, 6.07) is 1.12. The number of rotatable bonds is 5. The summed E-state index contributed by atoms with van der Waals surface area (Å²) in [5, 5.41) is 16.1. The summed E-state index contributed by atoms with van der Waals surface area (Å²) in [7, 11) is -4.09. The molecule has 14 nitrogen and oxygen atoms in total. The first-order valence-corrected chi connectivity index (χ1v) is 13.6. The van der Waals surface area contributed by atoms with Gasteiger partial charge in [-0.25, -0.2) is 27.9 Å². The molecule has 5 heterocycles. The molecule has 5 rings (SSSR count). The maximum Gasteiger partial charge on any atom is 0.338 e. The summed E-state index contributed by atoms with van der Waals surface area (Å²) in [6.45, 7) is 3.30. The van der Waals surface area contributed by atoms with Crippen molar-refractivity contribution in [3.8, 4) is 0 Å². The number of sulfonamides is 1. The highest BCUT2D eigenvalue weighted by atomic mass is 35.5. The summed E-state index contributed by atoms with van der Waals surface area (Å²) in [5.74, 6) is -0.817. The molecule has 0 saturated heterocycles. The minimum atomic E-state index is -4.09. The molecular weight excluding hydrogens is 566 g/mol. The number of hydrogen-bond acceptors (Lipinski definition) is 12. The standard InChI is InChI=1S/C12H10ClN5O4S3.C7H6N4O/c1-5-8(13)11(22-17-5)18-25(20,21)7-3-4-23-9(7)10(19)14-12-16-15-6(2)24-12;12-7(10-3-1-8-5-10)11-4-2-9-6-11/h3-4,18H,1-2H3,(H,14,16,19);1-6H. The zero-order valence-corrected chi connectivity index (χ0v) is 22.1. The van der Waals surface area contributed by atoms with E-state index in [2.05, 4.69) is 35.4 Å². The fourth-order valence-corrected chi connectivity index (χ4v) is 5.73. The Kier molecular flexibility index (Phi) is 7.77. The van der Waals surface area contributed by atoms with Gasteiger partial charge in [-0.1, -0.05) is 28.1 Å². The average Bonchev–Trinajstić information content (AvgIpc) is 3.69. The maximum atomic E-state index is 12.5. The van der Waals surface area contributed by atoms with Crippen molar-refractivity contribution < 1.29 is 22.5 Å². The lowest BCUT2D eigenvalue weighted by Crippen LogP contribution is -2.18. The van der Waals surface area contributed by atoms with Gasteiger partial charge in [-0.15, -0.1) is 21.5 Å². The Bertz CT molecular complexity index is 1590. The number of nitrogens with zero attached hydrogens (tertiary/aromatic N) is 7. The van der Waals surface area contributed by atoms with Crippen LogP contribution in [0.25, 0.3) is 0 Å². The molecule has 0 bridgehead atoms. The van der Waals surface area contributed by atoms with Crippen LogP contribution < -0.4 is 10.0 Å². The van der Waals surface area contributed by atoms with Crippen LogP contribution in [0.3, 0.4) is 0 Å². The summed E-state index contributed by atoms with van der Waals surface area (Å²) < 4.78 is 34.9. The monoisotopic (exact) mass is 581 g/mol. The number of carbonyl (C=O) groups is 2. The third kappa shape index (κ3) is 6.08. The predicted molar refractivity (Wildman–Crippen MR) is 135 cm³/mol. The molecule has 2 N–H and O–H groups in total. The number of hydrogen-bond donors (Lipinski definition) is 2. The molecule has 192 valence electrons. The molecule has 18 heteroatoms. The quantitative estimate of drug-likeness (QED) is 0.312. The van der Waals surface area contributed by atoms with Crippen molar-refractivity contribution in [2.24, 2.45) is 0 Å². The van der Waals surface area contributed by atoms with Gasteiger partial charge in [0.15, 0.2) is 0 Å². The highest BCUT2D eigenvalue weighted by Crippen LogP contribution is 2.30. The van der Waals surface area contributed by atoms with Gasteiger partial charge in [0.05, 0.1) is 0 Å². The Balaban J connectivity index is 0.000000222. The largest absolute Gasteiger partial charge is 0.338 e. The molecule has 5 aromatic rings. The van der Waals surface area contributed by atoms with Crippen LogP contribution in [0.1, 0.15) is 20.4 Å². The molecule has 0 aliphatic rings. The molecular formula is C19H16ClN9O5S3. The lowest BCUT2D eigenvalue weighted by atomic mass is 10.4. The molecule has 0 aromatic carbocycles. The van der Waals surface area contributed by atoms with E-state index in [-0.39, 0.29) is 31.8 Å². The van der Waals surface area contributed by atoms with Crippen molar-refractivity contribution >= 4 is 67.3 Å². The van der Waals surface area contributed by atoms with Gasteiger partial charge in [0.25, 0.3) is 21.8 Å². The zero-order chi connectivity index (χ0) is 26.6. The van der Waals surface area contributed by atoms with Crippen LogP contribution >= 0.6 is 34.3 Å². The lowest BCUT2D eigenvalue weighted by molar-refractivity contribution is 0.102. The van der Waals surface area contributed by atoms with Gasteiger partial charge in [-0.05, 0) is 25.3 Å². The van der Waals surface area contributed by atoms with Crippen LogP contribution in [0.15, 0.2) is 58.3 Å². The maximum absolute atomic E-state index is 12.5. The number of thiophene rings is 1. The third-order valence-corrected chi connectivity index (χ3v) is 7.95. The molecule has 0 aliphatic carbocycles. The lowest BCUT2D eigenvalue weighted by Gasteiger charge is -2.06. The fourth-order valence-electron chi connectivity index (χ4n) is 2.65. The van der Waals surface area contributed by atoms with E-state index in [1.54, 1.807) is 38.6 Å². The van der Waals surface area contributed by atoms with Crippen LogP contribution in [0.2, 0.25) is 5.02 Å². The highest BCUT2D eigenvalue weighted by Gasteiger charge is 2.27. The molecule has 0 spiro atoms. The topological polar surface area (TPSA) is 180 Å². The minimum absolute atomic E-state index is 0.00675. The van der Waals surface area contributed by atoms with Gasteiger partial charge in [0.1, 0.15) is 38.2 Å². The number of carbonyl (C=O) groups excluding carboxylic acids is 2. The van der Waals surface area contributed by atoms with Crippen LogP contribution in [-0.4, -0.2) is 54.8 Å². The van der Waals surface area contributed by atoms with Crippen molar-refractivity contribution in [3.63, 3.8) is 0 Å². The van der Waals surface area contributed by atoms with Crippen molar-refractivity contribution in [1.29, 1.82) is 0 Å². The normalized spacial score (nSPS) is 11.0. The van der Waals surface area contributed by atoms with Gasteiger partial charge >= 0.3 is 6.03 Å². The van der Waals surface area contributed by atoms with E-state index < -0.39 is 15.9 Å². The number of aromatic nitrogens is 7. The zero-order valence-electron chi connectivity index (χ0n) is 18.9. The number of halogens is 1. The smallest absolute Gasteiger partial charge is 0.336 e. The second-order valence-corrected chi connectivity index (χ2v) is 11.1. The molecule has 37 heavy (non-hydrogen) atoms. The summed E-state index contributed by atoms with van der Waals surface area (Å²) >= 11 is 8.07. The van der Waals surface area contributed by atoms with Crippen molar-refractivity contribution in [2.45, 2.75) is 18.7 Å². The van der Waals surface area contributed by atoms with Crippen molar-refractivity contribution in [3.05, 3.63) is 69.5 Å². The van der Waals surface area contributed by atoms with Gasteiger partial charge in [-0.3, -0.25) is 19.2 Å². The fraction of sp³-hybridized carbons (Fsp3) is 0.105. The molecule has 0 atom stereocenters. The minimum Gasteiger partial charge on any atom is -0.336 e. The van der Waals surface area contributed by atoms with Crippen molar-refractivity contribution in [1.82, 2.24) is 34.5 Å². The molecule has 1 amide bonds. The van der Waals surface area contributed by atoms with Crippen LogP contribution in [-0.2, 0) is 10.0 Å². The van der Waals surface area contributed by atoms with Crippen LogP contribution in [0, 0.1) is 13.8 Å². The van der Waals surface area contributed by atoms with Gasteiger partial charge in [0, 0.05) is 24.8 Å². The number of imidazole rings is 2. The van der Waals surface area contributed by atoms with Crippen LogP contribution in [0.4, 0.5) is 15.8 Å². The number of nitrogens with one attached hydrogen (secondary N) is 2. The van der Waals surface area contributed by atoms with Crippen LogP contribution in [0.5, 0.6) is 0 Å². The predicted octanol–water partition coefficient (Wildman–Crippen LogP) is 3.51. The second-order valence-electron chi connectivity index (χ2n) is 6.93. The van der Waals surface area contributed by atoms with E-state index in [1.807, 2.05) is 0 Å². The summed E-state index contributed by atoms with van der Waals surface area (Å²) in [5.41, 5.74) is 0.342. The van der Waals surface area contributed by atoms with Gasteiger partial charge in [0.2, 0.25) is 5.13 Å². The van der Waals surface area contributed by atoms with Gasteiger partial charge < -0.3 is 4.52 Å². The number of anilines is 2. The third-order valence-electron chi connectivity index (χ3n) is 4.34. The Labute approximate surface area is 222 Å². The molecule has 0 unspecified atom stereocenters. The molecule has 0 aliphatic heterocycles. The first-order valence-electron chi connectivity index (χ1n) is 10.00. The Morgan fingerprint density at radius 3 is 2.27 bits per heavy atom. The van der Waals surface area contributed by atoms with E-state index in [9.17, 15) is 18.0 Å².